The minimum Gasteiger partial charge on any atom is -0.454 e. The van der Waals surface area contributed by atoms with Crippen molar-refractivity contribution in [2.75, 3.05) is 12.5 Å². The second kappa shape index (κ2) is 5.27. The Balaban J connectivity index is 1.67. The predicted molar refractivity (Wildman–Crippen MR) is 69.7 cm³/mol. The van der Waals surface area contributed by atoms with Crippen molar-refractivity contribution in [1.29, 1.82) is 0 Å². The van der Waals surface area contributed by atoms with Gasteiger partial charge in [-0.15, -0.1) is 0 Å². The zero-order chi connectivity index (χ0) is 13.1. The molecule has 6 heteroatoms. The van der Waals surface area contributed by atoms with Gasteiger partial charge in [0, 0.05) is 18.0 Å². The van der Waals surface area contributed by atoms with Gasteiger partial charge in [0.25, 0.3) is 0 Å². The van der Waals surface area contributed by atoms with E-state index < -0.39 is 0 Å². The third-order valence-corrected chi connectivity index (χ3v) is 3.50. The van der Waals surface area contributed by atoms with Crippen molar-refractivity contribution >= 4 is 17.5 Å². The minimum absolute atomic E-state index is 0.0222. The summed E-state index contributed by atoms with van der Waals surface area (Å²) >= 11 is 1.36. The summed E-state index contributed by atoms with van der Waals surface area (Å²) in [6.45, 7) is 0.210. The van der Waals surface area contributed by atoms with E-state index in [9.17, 15) is 4.79 Å². The molecule has 2 heterocycles. The highest BCUT2D eigenvalue weighted by Gasteiger charge is 2.16. The maximum absolute atomic E-state index is 12.1. The summed E-state index contributed by atoms with van der Waals surface area (Å²) in [5, 5.41) is 0.733. The van der Waals surface area contributed by atoms with Gasteiger partial charge < -0.3 is 9.47 Å². The molecule has 19 heavy (non-hydrogen) atoms. The van der Waals surface area contributed by atoms with Crippen LogP contribution >= 0.6 is 11.8 Å². The maximum Gasteiger partial charge on any atom is 0.231 e. The molecule has 0 fully saturated rings. The topological polar surface area (TPSA) is 61.3 Å². The molecule has 2 aromatic rings. The number of nitrogens with zero attached hydrogens (tertiary/aromatic N) is 2. The van der Waals surface area contributed by atoms with E-state index in [0.717, 1.165) is 5.03 Å². The van der Waals surface area contributed by atoms with E-state index in [1.807, 2.05) is 0 Å². The van der Waals surface area contributed by atoms with Crippen LogP contribution in [0.1, 0.15) is 10.4 Å². The molecule has 0 saturated heterocycles. The van der Waals surface area contributed by atoms with Crippen LogP contribution in [0, 0.1) is 0 Å². The molecule has 1 aromatic heterocycles. The predicted octanol–water partition coefficient (Wildman–Crippen LogP) is 2.18. The number of rotatable bonds is 4. The number of carbonyl (C=O) groups is 1. The normalized spacial score (nSPS) is 12.4. The molecule has 1 aliphatic rings. The number of thioether (sulfide) groups is 1. The van der Waals surface area contributed by atoms with E-state index in [1.54, 1.807) is 36.8 Å². The minimum atomic E-state index is 0.0222. The Labute approximate surface area is 114 Å². The van der Waals surface area contributed by atoms with Crippen molar-refractivity contribution in [2.45, 2.75) is 5.03 Å². The lowest BCUT2D eigenvalue weighted by Gasteiger charge is -2.02. The number of aromatic nitrogens is 2. The third-order valence-electron chi connectivity index (χ3n) is 2.59. The molecule has 1 aromatic carbocycles. The van der Waals surface area contributed by atoms with E-state index in [4.69, 9.17) is 9.47 Å². The molecule has 96 valence electrons. The number of ether oxygens (including phenoxy) is 2. The number of fused-ring (bicyclic) bond motifs is 1. The van der Waals surface area contributed by atoms with Crippen LogP contribution in [0.3, 0.4) is 0 Å². The van der Waals surface area contributed by atoms with Crippen molar-refractivity contribution < 1.29 is 14.3 Å². The molecule has 0 N–H and O–H groups in total. The lowest BCUT2D eigenvalue weighted by molar-refractivity contribution is 0.102. The second-order valence-electron chi connectivity index (χ2n) is 3.82. The molecule has 0 saturated carbocycles. The highest BCUT2D eigenvalue weighted by Crippen LogP contribution is 2.32. The molecule has 0 atom stereocenters. The standard InChI is InChI=1S/C13H10N2O3S/c16-10(7-19-13-6-14-3-4-15-13)9-1-2-11-12(5-9)18-8-17-11/h1-6H,7-8H2. The first-order valence-electron chi connectivity index (χ1n) is 5.64. The van der Waals surface area contributed by atoms with Gasteiger partial charge in [-0.3, -0.25) is 9.78 Å². The zero-order valence-corrected chi connectivity index (χ0v) is 10.7. The van der Waals surface area contributed by atoms with Crippen LogP contribution in [0.25, 0.3) is 0 Å². The van der Waals surface area contributed by atoms with E-state index >= 15 is 0 Å². The van der Waals surface area contributed by atoms with Crippen molar-refractivity contribution in [2.24, 2.45) is 0 Å². The monoisotopic (exact) mass is 274 g/mol. The van der Waals surface area contributed by atoms with Gasteiger partial charge in [0.1, 0.15) is 5.03 Å². The number of hydrogen-bond donors (Lipinski definition) is 0. The lowest BCUT2D eigenvalue weighted by atomic mass is 10.1. The maximum atomic E-state index is 12.1. The molecule has 5 nitrogen and oxygen atoms in total. The van der Waals surface area contributed by atoms with Gasteiger partial charge in [0.2, 0.25) is 6.79 Å². The van der Waals surface area contributed by atoms with Gasteiger partial charge in [-0.05, 0) is 18.2 Å². The van der Waals surface area contributed by atoms with Gasteiger partial charge >= 0.3 is 0 Å². The summed E-state index contributed by atoms with van der Waals surface area (Å²) in [6.07, 6.45) is 4.84. The molecule has 0 aliphatic carbocycles. The van der Waals surface area contributed by atoms with E-state index in [0.29, 0.717) is 22.8 Å². The number of carbonyl (C=O) groups excluding carboxylic acids is 1. The van der Waals surface area contributed by atoms with Gasteiger partial charge in [-0.2, -0.15) is 0 Å². The SMILES string of the molecule is O=C(CSc1cnccn1)c1ccc2c(c1)OCO2. The van der Waals surface area contributed by atoms with Crippen molar-refractivity contribution in [1.82, 2.24) is 9.97 Å². The number of benzene rings is 1. The lowest BCUT2D eigenvalue weighted by Crippen LogP contribution is -2.02. The van der Waals surface area contributed by atoms with Crippen LogP contribution in [0.2, 0.25) is 0 Å². The fourth-order valence-electron chi connectivity index (χ4n) is 1.65. The highest BCUT2D eigenvalue weighted by molar-refractivity contribution is 7.99. The molecule has 0 amide bonds. The summed E-state index contributed by atoms with van der Waals surface area (Å²) < 4.78 is 10.5. The van der Waals surface area contributed by atoms with Gasteiger partial charge in [0.05, 0.1) is 11.9 Å². The molecule has 0 bridgehead atoms. The van der Waals surface area contributed by atoms with Gasteiger partial charge in [-0.1, -0.05) is 11.8 Å². The van der Waals surface area contributed by atoms with E-state index in [1.165, 1.54) is 11.8 Å². The van der Waals surface area contributed by atoms with Crippen molar-refractivity contribution in [3.05, 3.63) is 42.4 Å². The number of Topliss-reactive ketones (excluding diaryl/α,β-unsaturated/α-hetero) is 1. The van der Waals surface area contributed by atoms with Gasteiger partial charge in [-0.25, -0.2) is 4.98 Å². The van der Waals surface area contributed by atoms with Crippen LogP contribution in [0.4, 0.5) is 0 Å². The van der Waals surface area contributed by atoms with Crippen LogP contribution in [-0.4, -0.2) is 28.3 Å². The first kappa shape index (κ1) is 12.0. The summed E-state index contributed by atoms with van der Waals surface area (Å²) in [7, 11) is 0. The van der Waals surface area contributed by atoms with Crippen LogP contribution in [-0.2, 0) is 0 Å². The van der Waals surface area contributed by atoms with Gasteiger partial charge in [0.15, 0.2) is 17.3 Å². The van der Waals surface area contributed by atoms with Crippen LogP contribution < -0.4 is 9.47 Å². The van der Waals surface area contributed by atoms with Crippen LogP contribution in [0.5, 0.6) is 11.5 Å². The molecular weight excluding hydrogens is 264 g/mol. The fourth-order valence-corrected chi connectivity index (χ4v) is 2.37. The van der Waals surface area contributed by atoms with E-state index in [-0.39, 0.29) is 12.6 Å². The Bertz CT molecular complexity index is 604. The largest absolute Gasteiger partial charge is 0.454 e. The van der Waals surface area contributed by atoms with Crippen molar-refractivity contribution in [3.63, 3.8) is 0 Å². The number of hydrogen-bond acceptors (Lipinski definition) is 6. The Morgan fingerprint density at radius 3 is 3.00 bits per heavy atom. The van der Waals surface area contributed by atoms with Crippen LogP contribution in [0.15, 0.2) is 41.8 Å². The third kappa shape index (κ3) is 2.68. The summed E-state index contributed by atoms with van der Waals surface area (Å²) in [5.74, 6) is 1.64. The molecule has 1 aliphatic heterocycles. The molecule has 0 unspecified atom stereocenters. The Kier molecular flexibility index (Phi) is 3.33. The highest BCUT2D eigenvalue weighted by atomic mass is 32.2. The fraction of sp³-hybridized carbons (Fsp3) is 0.154. The Morgan fingerprint density at radius 1 is 1.26 bits per heavy atom. The molecule has 0 radical (unpaired) electrons. The Hall–Kier alpha value is -2.08. The zero-order valence-electron chi connectivity index (χ0n) is 9.91. The average molecular weight is 274 g/mol. The number of ketones is 1. The van der Waals surface area contributed by atoms with E-state index in [2.05, 4.69) is 9.97 Å². The average Bonchev–Trinajstić information content (AvgIpc) is 2.93. The Morgan fingerprint density at radius 2 is 2.16 bits per heavy atom. The molecule has 0 spiro atoms. The molecule has 3 rings (SSSR count). The summed E-state index contributed by atoms with van der Waals surface area (Å²) in [6, 6.07) is 5.21. The molecular formula is C13H10N2O3S. The summed E-state index contributed by atoms with van der Waals surface area (Å²) in [5.41, 5.74) is 0.612. The second-order valence-corrected chi connectivity index (χ2v) is 4.82. The van der Waals surface area contributed by atoms with Crippen molar-refractivity contribution in [3.8, 4) is 11.5 Å². The summed E-state index contributed by atoms with van der Waals surface area (Å²) in [4.78, 5) is 20.1. The quantitative estimate of drug-likeness (QED) is 0.629. The first-order chi connectivity index (χ1) is 9.33. The smallest absolute Gasteiger partial charge is 0.231 e. The first-order valence-corrected chi connectivity index (χ1v) is 6.63.